The number of anilines is 2. The van der Waals surface area contributed by atoms with Crippen LogP contribution in [0.4, 0.5) is 29.3 Å². The Bertz CT molecular complexity index is 1180. The van der Waals surface area contributed by atoms with E-state index in [-0.39, 0.29) is 42.7 Å². The lowest BCUT2D eigenvalue weighted by Gasteiger charge is -2.37. The van der Waals surface area contributed by atoms with Crippen LogP contribution in [-0.4, -0.2) is 48.0 Å². The number of carbonyl (C=O) groups excluding carboxylic acids is 2. The summed E-state index contributed by atoms with van der Waals surface area (Å²) in [7, 11) is 0. The second-order valence-electron chi connectivity index (χ2n) is 10.4. The average Bonchev–Trinajstić information content (AvgIpc) is 3.26. The number of urea groups is 1. The van der Waals surface area contributed by atoms with Crippen molar-refractivity contribution < 1.29 is 37.3 Å². The van der Waals surface area contributed by atoms with Crippen LogP contribution in [0.15, 0.2) is 42.5 Å². The lowest BCUT2D eigenvalue weighted by Crippen LogP contribution is -2.48. The molecule has 0 radical (unpaired) electrons. The van der Waals surface area contributed by atoms with E-state index in [0.717, 1.165) is 43.4 Å². The molecular weight excluding hydrogens is 515 g/mol. The molecule has 0 unspecified atom stereocenters. The molecule has 3 amide bonds. The summed E-state index contributed by atoms with van der Waals surface area (Å²) in [6.45, 7) is -0.253. The van der Waals surface area contributed by atoms with Crippen LogP contribution < -0.4 is 20.7 Å². The Morgan fingerprint density at radius 3 is 2.36 bits per heavy atom. The number of alkyl halides is 3. The number of benzene rings is 2. The summed E-state index contributed by atoms with van der Waals surface area (Å²) in [5, 5.41) is 18.3. The van der Waals surface area contributed by atoms with Gasteiger partial charge in [0, 0.05) is 28.9 Å². The van der Waals surface area contributed by atoms with E-state index in [4.69, 9.17) is 9.47 Å². The lowest BCUT2D eigenvalue weighted by molar-refractivity contribution is -0.143. The molecule has 2 heterocycles. The minimum absolute atomic E-state index is 0.0588. The van der Waals surface area contributed by atoms with Crippen molar-refractivity contribution >= 4 is 23.3 Å². The van der Waals surface area contributed by atoms with Crippen LogP contribution >= 0.6 is 0 Å². The fourth-order valence-electron chi connectivity index (χ4n) is 5.74. The van der Waals surface area contributed by atoms with Gasteiger partial charge in [-0.05, 0) is 61.7 Å². The molecule has 2 fully saturated rings. The summed E-state index contributed by atoms with van der Waals surface area (Å²) in [4.78, 5) is 25.2. The molecular formula is C28H32F3N3O5. The zero-order valence-electron chi connectivity index (χ0n) is 21.3. The van der Waals surface area contributed by atoms with Gasteiger partial charge in [0.25, 0.3) is 0 Å². The summed E-state index contributed by atoms with van der Waals surface area (Å²) in [6.07, 6.45) is 0.279. The lowest BCUT2D eigenvalue weighted by atomic mass is 9.84. The molecule has 2 aliphatic heterocycles. The molecule has 4 N–H and O–H groups in total. The molecule has 39 heavy (non-hydrogen) atoms. The highest BCUT2D eigenvalue weighted by Gasteiger charge is 2.46. The first-order chi connectivity index (χ1) is 18.7. The van der Waals surface area contributed by atoms with E-state index in [1.807, 2.05) is 0 Å². The first-order valence-electron chi connectivity index (χ1n) is 13.3. The highest BCUT2D eigenvalue weighted by molar-refractivity contribution is 5.99. The summed E-state index contributed by atoms with van der Waals surface area (Å²) in [5.41, 5.74) is 0.728. The van der Waals surface area contributed by atoms with Gasteiger partial charge in [0.1, 0.15) is 18.0 Å². The maximum atomic E-state index is 12.8. The second-order valence-corrected chi connectivity index (χ2v) is 10.4. The fourth-order valence-corrected chi connectivity index (χ4v) is 5.74. The van der Waals surface area contributed by atoms with Crippen molar-refractivity contribution in [2.75, 3.05) is 17.2 Å². The number of ether oxygens (including phenoxy) is 2. The van der Waals surface area contributed by atoms with Gasteiger partial charge in [-0.2, -0.15) is 13.2 Å². The van der Waals surface area contributed by atoms with E-state index in [2.05, 4.69) is 16.0 Å². The van der Waals surface area contributed by atoms with Gasteiger partial charge in [0.05, 0.1) is 24.7 Å². The molecule has 5 rings (SSSR count). The molecule has 1 saturated carbocycles. The van der Waals surface area contributed by atoms with Gasteiger partial charge < -0.3 is 30.5 Å². The normalized spacial score (nSPS) is 24.7. The van der Waals surface area contributed by atoms with Crippen LogP contribution in [0.1, 0.15) is 62.0 Å². The molecule has 2 aromatic rings. The quantitative estimate of drug-likeness (QED) is 0.399. The third-order valence-electron chi connectivity index (χ3n) is 7.61. The molecule has 1 aliphatic carbocycles. The Balaban J connectivity index is 1.22. The predicted octanol–water partition coefficient (Wildman–Crippen LogP) is 5.18. The number of rotatable bonds is 6. The van der Waals surface area contributed by atoms with E-state index in [1.54, 1.807) is 18.2 Å². The Morgan fingerprint density at radius 2 is 1.67 bits per heavy atom. The first-order valence-corrected chi connectivity index (χ1v) is 13.3. The zero-order valence-corrected chi connectivity index (χ0v) is 21.3. The number of nitrogens with one attached hydrogen (secondary N) is 3. The van der Waals surface area contributed by atoms with Gasteiger partial charge in [-0.1, -0.05) is 19.3 Å². The van der Waals surface area contributed by atoms with Crippen molar-refractivity contribution in [3.8, 4) is 5.75 Å². The largest absolute Gasteiger partial charge is 0.487 e. The zero-order chi connectivity index (χ0) is 27.6. The van der Waals surface area contributed by atoms with Crippen molar-refractivity contribution in [2.24, 2.45) is 0 Å². The molecule has 8 nitrogen and oxygen atoms in total. The fraction of sp³-hybridized carbons (Fsp3) is 0.500. The van der Waals surface area contributed by atoms with Crippen molar-refractivity contribution in [1.29, 1.82) is 0 Å². The standard InChI is InChI=1S/C28H32F3N3O5/c29-28(30,31)16-6-8-18(9-7-16)33-27(37)34-19-10-11-23-21(12-19)22-13-20(38-24(15-35)26(22)39-23)14-25(36)32-17-4-2-1-3-5-17/h6-12,17,20,22,24,26,35H,1-5,13-15H2,(H,32,36)(H2,33,34,37)/t20-,22+,24-,26-/m0/s1. The summed E-state index contributed by atoms with van der Waals surface area (Å²) in [6, 6.07) is 8.93. The Hall–Kier alpha value is -3.31. The molecule has 1 saturated heterocycles. The van der Waals surface area contributed by atoms with Gasteiger partial charge >= 0.3 is 12.2 Å². The van der Waals surface area contributed by atoms with E-state index in [1.165, 1.54) is 18.6 Å². The molecule has 0 spiro atoms. The Kier molecular flexibility index (Phi) is 7.99. The monoisotopic (exact) mass is 547 g/mol. The topological polar surface area (TPSA) is 109 Å². The van der Waals surface area contributed by atoms with Crippen molar-refractivity contribution in [3.05, 3.63) is 53.6 Å². The third kappa shape index (κ3) is 6.47. The Morgan fingerprint density at radius 1 is 0.974 bits per heavy atom. The number of aliphatic hydroxyl groups excluding tert-OH is 1. The van der Waals surface area contributed by atoms with Crippen molar-refractivity contribution in [1.82, 2.24) is 5.32 Å². The van der Waals surface area contributed by atoms with Crippen LogP contribution in [0.3, 0.4) is 0 Å². The number of carbonyl (C=O) groups is 2. The average molecular weight is 548 g/mol. The van der Waals surface area contributed by atoms with E-state index in [0.29, 0.717) is 17.9 Å². The summed E-state index contributed by atoms with van der Waals surface area (Å²) >= 11 is 0. The van der Waals surface area contributed by atoms with Gasteiger partial charge in [-0.25, -0.2) is 4.79 Å². The molecule has 2 aromatic carbocycles. The van der Waals surface area contributed by atoms with E-state index >= 15 is 0 Å². The van der Waals surface area contributed by atoms with Gasteiger partial charge in [0.15, 0.2) is 0 Å². The number of amides is 3. The minimum atomic E-state index is -4.46. The molecule has 3 aliphatic rings. The van der Waals surface area contributed by atoms with Crippen molar-refractivity contribution in [3.63, 3.8) is 0 Å². The van der Waals surface area contributed by atoms with Gasteiger partial charge in [0.2, 0.25) is 5.91 Å². The minimum Gasteiger partial charge on any atom is -0.487 e. The molecule has 4 atom stereocenters. The maximum absolute atomic E-state index is 12.8. The van der Waals surface area contributed by atoms with Gasteiger partial charge in [-0.15, -0.1) is 0 Å². The number of hydrogen-bond acceptors (Lipinski definition) is 5. The molecule has 11 heteroatoms. The maximum Gasteiger partial charge on any atom is 0.416 e. The van der Waals surface area contributed by atoms with Crippen LogP contribution in [0.5, 0.6) is 5.75 Å². The predicted molar refractivity (Wildman–Crippen MR) is 138 cm³/mol. The third-order valence-corrected chi connectivity index (χ3v) is 7.61. The number of halogens is 3. The van der Waals surface area contributed by atoms with Crippen molar-refractivity contribution in [2.45, 2.75) is 81.4 Å². The number of fused-ring (bicyclic) bond motifs is 3. The number of hydrogen-bond donors (Lipinski definition) is 4. The molecule has 210 valence electrons. The number of aliphatic hydroxyl groups is 1. The van der Waals surface area contributed by atoms with E-state index in [9.17, 15) is 27.9 Å². The smallest absolute Gasteiger partial charge is 0.416 e. The first kappa shape index (κ1) is 27.3. The van der Waals surface area contributed by atoms with Crippen LogP contribution in [-0.2, 0) is 15.7 Å². The molecule has 0 bridgehead atoms. The summed E-state index contributed by atoms with van der Waals surface area (Å²) < 4.78 is 50.4. The van der Waals surface area contributed by atoms with E-state index < -0.39 is 30.0 Å². The highest BCUT2D eigenvalue weighted by atomic mass is 19.4. The second kappa shape index (κ2) is 11.4. The highest BCUT2D eigenvalue weighted by Crippen LogP contribution is 2.47. The Labute approximate surface area is 224 Å². The molecule has 0 aromatic heterocycles. The van der Waals surface area contributed by atoms with Crippen LogP contribution in [0, 0.1) is 0 Å². The van der Waals surface area contributed by atoms with Crippen LogP contribution in [0.25, 0.3) is 0 Å². The van der Waals surface area contributed by atoms with Gasteiger partial charge in [-0.3, -0.25) is 4.79 Å². The summed E-state index contributed by atoms with van der Waals surface area (Å²) in [5.74, 6) is 0.419. The van der Waals surface area contributed by atoms with Crippen LogP contribution in [0.2, 0.25) is 0 Å². The SMILES string of the molecule is O=C(C[C@@H]1C[C@@H]2c3cc(NC(=O)Nc4ccc(C(F)(F)F)cc4)ccc3O[C@@H]2[C@H](CO)O1)NC1CCCCC1.